The van der Waals surface area contributed by atoms with Crippen LogP contribution in [-0.4, -0.2) is 11.5 Å². The summed E-state index contributed by atoms with van der Waals surface area (Å²) in [5.74, 6) is 0.571. The molecule has 0 amide bonds. The van der Waals surface area contributed by atoms with Crippen molar-refractivity contribution in [3.8, 4) is 45.5 Å². The molecule has 4 heteroatoms. The third-order valence-corrected chi connectivity index (χ3v) is 9.57. The number of amidine groups is 1. The van der Waals surface area contributed by atoms with Crippen LogP contribution in [0.1, 0.15) is 94.2 Å². The van der Waals surface area contributed by atoms with Gasteiger partial charge in [-0.05, 0) is 131 Å². The maximum absolute atomic E-state index is 10.2. The number of benzene rings is 6. The third-order valence-electron chi connectivity index (χ3n) is 9.57. The number of hydrogen-bond acceptors (Lipinski definition) is 3. The summed E-state index contributed by atoms with van der Waals surface area (Å²) in [6, 6.07) is 53.7. The first-order chi connectivity index (χ1) is 27.9. The molecule has 0 fully saturated rings. The molecule has 0 aromatic heterocycles. The summed E-state index contributed by atoms with van der Waals surface area (Å²) in [6.07, 6.45) is 7.43. The molecular formula is C53H50N4. The smallest absolute Gasteiger partial charge is 0.160 e. The van der Waals surface area contributed by atoms with Crippen LogP contribution in [0.15, 0.2) is 168 Å². The molecule has 0 saturated carbocycles. The summed E-state index contributed by atoms with van der Waals surface area (Å²) in [4.78, 5) is 10.1. The number of rotatable bonds is 11. The maximum atomic E-state index is 10.2. The molecule has 4 nitrogen and oxygen atoms in total. The summed E-state index contributed by atoms with van der Waals surface area (Å²) in [5.41, 5.74) is 14.2. The van der Waals surface area contributed by atoms with Gasteiger partial charge in [0, 0.05) is 16.8 Å². The fraction of sp³-hybridized carbons (Fsp3) is 0.170. The van der Waals surface area contributed by atoms with Crippen LogP contribution < -0.4 is 0 Å². The molecule has 0 aliphatic heterocycles. The lowest BCUT2D eigenvalue weighted by Gasteiger charge is -2.14. The number of unbranched alkanes of at least 4 members (excludes halogenated alkanes) is 1. The quantitative estimate of drug-likeness (QED) is 0.0979. The van der Waals surface area contributed by atoms with Crippen LogP contribution in [0.5, 0.6) is 0 Å². The Labute approximate surface area is 339 Å². The van der Waals surface area contributed by atoms with Crippen molar-refractivity contribution in [1.29, 1.82) is 10.5 Å². The van der Waals surface area contributed by atoms with E-state index in [0.29, 0.717) is 17.0 Å². The Hall–Kier alpha value is -6.88. The molecule has 0 bridgehead atoms. The second kappa shape index (κ2) is 20.7. The zero-order valence-electron chi connectivity index (χ0n) is 33.9. The normalized spacial score (nSPS) is 11.9. The van der Waals surface area contributed by atoms with Crippen LogP contribution >= 0.6 is 0 Å². The van der Waals surface area contributed by atoms with Crippen LogP contribution in [-0.2, 0) is 0 Å². The minimum Gasteiger partial charge on any atom is -0.233 e. The average molecular weight is 743 g/mol. The Morgan fingerprint density at radius 3 is 1.72 bits per heavy atom. The molecule has 0 N–H and O–H groups in total. The van der Waals surface area contributed by atoms with Gasteiger partial charge in [-0.1, -0.05) is 137 Å². The van der Waals surface area contributed by atoms with E-state index in [9.17, 15) is 10.5 Å². The molecular weight excluding hydrogens is 693 g/mol. The van der Waals surface area contributed by atoms with Crippen molar-refractivity contribution in [2.24, 2.45) is 9.98 Å². The molecule has 0 unspecified atom stereocenters. The summed E-state index contributed by atoms with van der Waals surface area (Å²) in [5, 5.41) is 19.7. The van der Waals surface area contributed by atoms with Crippen molar-refractivity contribution in [2.45, 2.75) is 60.8 Å². The van der Waals surface area contributed by atoms with E-state index in [2.05, 4.69) is 98.8 Å². The first kappa shape index (κ1) is 41.3. The van der Waals surface area contributed by atoms with Crippen LogP contribution in [0, 0.1) is 22.7 Å². The Bertz CT molecular complexity index is 2510. The van der Waals surface area contributed by atoms with Gasteiger partial charge in [0.05, 0.1) is 29.0 Å². The molecule has 6 aromatic rings. The largest absolute Gasteiger partial charge is 0.233 e. The van der Waals surface area contributed by atoms with E-state index in [1.54, 1.807) is 6.07 Å². The van der Waals surface area contributed by atoms with Gasteiger partial charge < -0.3 is 0 Å². The van der Waals surface area contributed by atoms with Gasteiger partial charge in [-0.3, -0.25) is 0 Å². The van der Waals surface area contributed by atoms with Crippen molar-refractivity contribution in [3.63, 3.8) is 0 Å². The average Bonchev–Trinajstić information content (AvgIpc) is 3.29. The van der Waals surface area contributed by atoms with E-state index in [1.165, 1.54) is 11.1 Å². The van der Waals surface area contributed by atoms with Crippen LogP contribution in [0.3, 0.4) is 0 Å². The minimum atomic E-state index is 0.571. The topological polar surface area (TPSA) is 72.3 Å². The Morgan fingerprint density at radius 1 is 0.544 bits per heavy atom. The molecule has 0 radical (unpaired) electrons. The van der Waals surface area contributed by atoms with Crippen molar-refractivity contribution in [2.75, 3.05) is 0 Å². The number of aliphatic imine (C=N–C) groups is 2. The van der Waals surface area contributed by atoms with Gasteiger partial charge in [0.25, 0.3) is 0 Å². The molecule has 0 aliphatic carbocycles. The monoisotopic (exact) mass is 742 g/mol. The Kier molecular flexibility index (Phi) is 15.0. The lowest BCUT2D eigenvalue weighted by molar-refractivity contribution is 0.955. The van der Waals surface area contributed by atoms with E-state index >= 15 is 0 Å². The number of nitriles is 2. The lowest BCUT2D eigenvalue weighted by atomic mass is 9.90. The minimum absolute atomic E-state index is 0.571. The first-order valence-corrected chi connectivity index (χ1v) is 19.9. The molecule has 0 atom stereocenters. The van der Waals surface area contributed by atoms with Crippen molar-refractivity contribution < 1.29 is 0 Å². The molecule has 0 spiro atoms. The van der Waals surface area contributed by atoms with Gasteiger partial charge in [-0.15, -0.1) is 0 Å². The van der Waals surface area contributed by atoms with Gasteiger partial charge in [0.1, 0.15) is 0 Å². The van der Waals surface area contributed by atoms with Gasteiger partial charge in [-0.2, -0.15) is 10.5 Å². The molecule has 57 heavy (non-hydrogen) atoms. The van der Waals surface area contributed by atoms with E-state index in [0.717, 1.165) is 80.7 Å². The highest BCUT2D eigenvalue weighted by atomic mass is 14.9. The number of hydrogen-bond donors (Lipinski definition) is 0. The van der Waals surface area contributed by atoms with Crippen molar-refractivity contribution >= 4 is 22.8 Å². The van der Waals surface area contributed by atoms with Crippen LogP contribution in [0.4, 0.5) is 0 Å². The van der Waals surface area contributed by atoms with Gasteiger partial charge in [-0.25, -0.2) is 9.98 Å². The zero-order chi connectivity index (χ0) is 40.6. The Balaban J connectivity index is 0.00000305. The van der Waals surface area contributed by atoms with Gasteiger partial charge in [0.15, 0.2) is 5.84 Å². The predicted molar refractivity (Wildman–Crippen MR) is 242 cm³/mol. The van der Waals surface area contributed by atoms with Gasteiger partial charge in [0.2, 0.25) is 0 Å². The lowest BCUT2D eigenvalue weighted by Crippen LogP contribution is -2.04. The highest BCUT2D eigenvalue weighted by Gasteiger charge is 2.13. The molecule has 6 rings (SSSR count). The molecule has 0 aliphatic rings. The molecule has 6 aromatic carbocycles. The fourth-order valence-electron chi connectivity index (χ4n) is 6.63. The molecule has 0 heterocycles. The zero-order valence-corrected chi connectivity index (χ0v) is 33.9. The summed E-state index contributed by atoms with van der Waals surface area (Å²) >= 11 is 0. The van der Waals surface area contributed by atoms with E-state index in [4.69, 9.17) is 9.98 Å². The van der Waals surface area contributed by atoms with Crippen molar-refractivity contribution in [1.82, 2.24) is 0 Å². The second-order valence-electron chi connectivity index (χ2n) is 13.4. The van der Waals surface area contributed by atoms with E-state index in [-0.39, 0.29) is 0 Å². The standard InChI is InChI=1S/C51H44N4.C2H6/c1-5-8-18-39(6-2)47-31-48(40-19-11-9-12-20-40)33-49(32-47)46-28-38(35-53)27-45(30-46)43-24-16-25-44(29-43)50(7-3)55-51(41-21-13-10-14-22-41)54-36(4)42-23-15-17-37(26-42)34-52;1-2/h7,9-33H,5-6,8H2,1-4H3;1-2H3/b39-18+,50-7+,54-36?,55-51?;. The number of allylic oxidation sites excluding steroid dienone is 3. The summed E-state index contributed by atoms with van der Waals surface area (Å²) in [7, 11) is 0. The number of nitrogens with zero attached hydrogens (tertiary/aromatic N) is 4. The van der Waals surface area contributed by atoms with Crippen LogP contribution in [0.2, 0.25) is 0 Å². The summed E-state index contributed by atoms with van der Waals surface area (Å²) in [6.45, 7) is 12.3. The predicted octanol–water partition coefficient (Wildman–Crippen LogP) is 14.4. The van der Waals surface area contributed by atoms with Gasteiger partial charge >= 0.3 is 0 Å². The SMILES string of the molecule is C/C=C(/N=C(N=C(C)c1cccc(C#N)c1)c1ccccc1)c1cccc(-c2cc(C#N)cc(-c3cc(/C(=C/CCC)CC)cc(-c4ccccc4)c3)c2)c1.CC. The van der Waals surface area contributed by atoms with E-state index in [1.807, 2.05) is 107 Å². The van der Waals surface area contributed by atoms with Crippen molar-refractivity contribution in [3.05, 3.63) is 191 Å². The first-order valence-electron chi connectivity index (χ1n) is 19.9. The van der Waals surface area contributed by atoms with Crippen LogP contribution in [0.25, 0.3) is 44.7 Å². The highest BCUT2D eigenvalue weighted by Crippen LogP contribution is 2.35. The fourth-order valence-corrected chi connectivity index (χ4v) is 6.63. The third kappa shape index (κ3) is 10.7. The molecule has 0 saturated heterocycles. The summed E-state index contributed by atoms with van der Waals surface area (Å²) < 4.78 is 0. The van der Waals surface area contributed by atoms with E-state index < -0.39 is 0 Å². The second-order valence-corrected chi connectivity index (χ2v) is 13.4. The highest BCUT2D eigenvalue weighted by molar-refractivity contribution is 6.12. The Morgan fingerprint density at radius 2 is 1.09 bits per heavy atom. The maximum Gasteiger partial charge on any atom is 0.160 e. The molecule has 282 valence electrons.